The Hall–Kier alpha value is -0.610. The van der Waals surface area contributed by atoms with Crippen LogP contribution in [0, 0.1) is 5.92 Å². The molecule has 16 heavy (non-hydrogen) atoms. The number of amides is 1. The number of hydrogen-bond acceptors (Lipinski definition) is 3. The van der Waals surface area contributed by atoms with E-state index in [1.54, 1.807) is 0 Å². The lowest BCUT2D eigenvalue weighted by Crippen LogP contribution is -2.46. The summed E-state index contributed by atoms with van der Waals surface area (Å²) >= 11 is 0. The fourth-order valence-electron chi connectivity index (χ4n) is 2.08. The number of carbonyl (C=O) groups is 1. The molecule has 1 heterocycles. The Kier molecular flexibility index (Phi) is 5.77. The van der Waals surface area contributed by atoms with Crippen molar-refractivity contribution < 1.29 is 9.53 Å². The van der Waals surface area contributed by atoms with Crippen molar-refractivity contribution in [3.63, 3.8) is 0 Å². The molecule has 1 aliphatic heterocycles. The molecule has 0 radical (unpaired) electrons. The Morgan fingerprint density at radius 3 is 2.56 bits per heavy atom. The summed E-state index contributed by atoms with van der Waals surface area (Å²) in [5.41, 5.74) is 0. The summed E-state index contributed by atoms with van der Waals surface area (Å²) in [6.45, 7) is 8.32. The first-order valence-corrected chi connectivity index (χ1v) is 6.34. The molecular formula is C12H24N2O2. The Morgan fingerprint density at radius 2 is 2.00 bits per heavy atom. The monoisotopic (exact) mass is 228 g/mol. The average Bonchev–Trinajstić information content (AvgIpc) is 2.74. The molecule has 0 aromatic rings. The molecule has 4 heteroatoms. The Balaban J connectivity index is 2.45. The molecule has 1 amide bonds. The standard InChI is InChI=1S/C12H24N2O2/c1-4-9(5-2)14-12(15)10-7-16-8-11(10)13-6-3/h9-11,13H,4-8H2,1-3H3,(H,14,15). The van der Waals surface area contributed by atoms with E-state index in [4.69, 9.17) is 4.74 Å². The minimum atomic E-state index is -0.0273. The van der Waals surface area contributed by atoms with E-state index in [1.807, 2.05) is 6.92 Å². The van der Waals surface area contributed by atoms with Gasteiger partial charge in [0.05, 0.1) is 19.1 Å². The van der Waals surface area contributed by atoms with Crippen molar-refractivity contribution in [2.45, 2.75) is 45.7 Å². The normalized spacial score (nSPS) is 25.0. The van der Waals surface area contributed by atoms with Gasteiger partial charge in [-0.25, -0.2) is 0 Å². The first-order valence-electron chi connectivity index (χ1n) is 6.34. The third kappa shape index (κ3) is 3.46. The molecule has 0 saturated carbocycles. The number of carbonyl (C=O) groups excluding carboxylic acids is 1. The summed E-state index contributed by atoms with van der Waals surface area (Å²) in [5, 5.41) is 6.39. The molecule has 0 aliphatic carbocycles. The van der Waals surface area contributed by atoms with Crippen LogP contribution in [0.3, 0.4) is 0 Å². The van der Waals surface area contributed by atoms with E-state index in [1.165, 1.54) is 0 Å². The van der Waals surface area contributed by atoms with Crippen LogP contribution in [0.2, 0.25) is 0 Å². The van der Waals surface area contributed by atoms with Crippen LogP contribution in [0.4, 0.5) is 0 Å². The first-order chi connectivity index (χ1) is 7.72. The minimum Gasteiger partial charge on any atom is -0.379 e. The summed E-state index contributed by atoms with van der Waals surface area (Å²) in [7, 11) is 0. The molecule has 0 aromatic heterocycles. The molecule has 0 aromatic carbocycles. The van der Waals surface area contributed by atoms with E-state index in [2.05, 4.69) is 24.5 Å². The molecule has 1 saturated heterocycles. The highest BCUT2D eigenvalue weighted by atomic mass is 16.5. The van der Waals surface area contributed by atoms with Crippen molar-refractivity contribution in [3.8, 4) is 0 Å². The second-order valence-corrected chi connectivity index (χ2v) is 4.33. The number of rotatable bonds is 6. The zero-order valence-corrected chi connectivity index (χ0v) is 10.6. The lowest BCUT2D eigenvalue weighted by Gasteiger charge is -2.21. The van der Waals surface area contributed by atoms with Crippen LogP contribution in [-0.2, 0) is 9.53 Å². The number of nitrogens with one attached hydrogen (secondary N) is 2. The predicted octanol–water partition coefficient (Wildman–Crippen LogP) is 0.916. The van der Waals surface area contributed by atoms with Crippen LogP contribution in [0.5, 0.6) is 0 Å². The van der Waals surface area contributed by atoms with E-state index in [0.717, 1.165) is 19.4 Å². The summed E-state index contributed by atoms with van der Waals surface area (Å²) in [5.74, 6) is 0.109. The van der Waals surface area contributed by atoms with Crippen molar-refractivity contribution in [3.05, 3.63) is 0 Å². The van der Waals surface area contributed by atoms with Gasteiger partial charge >= 0.3 is 0 Å². The topological polar surface area (TPSA) is 50.4 Å². The Labute approximate surface area is 98.1 Å². The van der Waals surface area contributed by atoms with Gasteiger partial charge in [-0.2, -0.15) is 0 Å². The maximum absolute atomic E-state index is 12.0. The number of hydrogen-bond donors (Lipinski definition) is 2. The second kappa shape index (κ2) is 6.86. The van der Waals surface area contributed by atoms with E-state index >= 15 is 0 Å². The quantitative estimate of drug-likeness (QED) is 0.710. The van der Waals surface area contributed by atoms with Gasteiger partial charge < -0.3 is 15.4 Å². The second-order valence-electron chi connectivity index (χ2n) is 4.33. The largest absolute Gasteiger partial charge is 0.379 e. The summed E-state index contributed by atoms with van der Waals surface area (Å²) in [6, 6.07) is 0.481. The van der Waals surface area contributed by atoms with Gasteiger partial charge in [-0.1, -0.05) is 20.8 Å². The molecule has 0 spiro atoms. The lowest BCUT2D eigenvalue weighted by molar-refractivity contribution is -0.126. The molecule has 94 valence electrons. The van der Waals surface area contributed by atoms with Crippen LogP contribution in [0.1, 0.15) is 33.6 Å². The van der Waals surface area contributed by atoms with E-state index < -0.39 is 0 Å². The Morgan fingerprint density at radius 1 is 1.31 bits per heavy atom. The van der Waals surface area contributed by atoms with E-state index in [9.17, 15) is 4.79 Å². The zero-order chi connectivity index (χ0) is 12.0. The summed E-state index contributed by atoms with van der Waals surface area (Å²) < 4.78 is 5.37. The van der Waals surface area contributed by atoms with Gasteiger partial charge in [-0.3, -0.25) is 4.79 Å². The molecule has 1 fully saturated rings. The maximum Gasteiger partial charge on any atom is 0.227 e. The van der Waals surface area contributed by atoms with Crippen molar-refractivity contribution in [2.24, 2.45) is 5.92 Å². The van der Waals surface area contributed by atoms with Gasteiger partial charge in [-0.15, -0.1) is 0 Å². The van der Waals surface area contributed by atoms with Crippen LogP contribution in [0.15, 0.2) is 0 Å². The van der Waals surface area contributed by atoms with Gasteiger partial charge in [0.1, 0.15) is 0 Å². The van der Waals surface area contributed by atoms with Gasteiger partial charge in [0.25, 0.3) is 0 Å². The van der Waals surface area contributed by atoms with Crippen LogP contribution in [-0.4, -0.2) is 37.7 Å². The van der Waals surface area contributed by atoms with Crippen LogP contribution >= 0.6 is 0 Å². The highest BCUT2D eigenvalue weighted by molar-refractivity contribution is 5.80. The van der Waals surface area contributed by atoms with E-state index in [0.29, 0.717) is 19.3 Å². The first kappa shape index (κ1) is 13.5. The van der Waals surface area contributed by atoms with Crippen molar-refractivity contribution in [1.82, 2.24) is 10.6 Å². The fourth-order valence-corrected chi connectivity index (χ4v) is 2.08. The fraction of sp³-hybridized carbons (Fsp3) is 0.917. The number of likely N-dealkylation sites (N-methyl/N-ethyl adjacent to an activating group) is 1. The SMILES string of the molecule is CCNC1COCC1C(=O)NC(CC)CC. The van der Waals surface area contributed by atoms with Crippen molar-refractivity contribution in [2.75, 3.05) is 19.8 Å². The zero-order valence-electron chi connectivity index (χ0n) is 10.6. The molecule has 2 N–H and O–H groups in total. The smallest absolute Gasteiger partial charge is 0.227 e. The highest BCUT2D eigenvalue weighted by Crippen LogP contribution is 2.14. The van der Waals surface area contributed by atoms with Crippen molar-refractivity contribution >= 4 is 5.91 Å². The highest BCUT2D eigenvalue weighted by Gasteiger charge is 2.33. The van der Waals surface area contributed by atoms with Crippen LogP contribution < -0.4 is 10.6 Å². The predicted molar refractivity (Wildman–Crippen MR) is 64.3 cm³/mol. The summed E-state index contributed by atoms with van der Waals surface area (Å²) in [4.78, 5) is 12.0. The van der Waals surface area contributed by atoms with Gasteiger partial charge in [0.2, 0.25) is 5.91 Å². The van der Waals surface area contributed by atoms with Gasteiger partial charge in [0.15, 0.2) is 0 Å². The average molecular weight is 228 g/mol. The van der Waals surface area contributed by atoms with E-state index in [-0.39, 0.29) is 17.9 Å². The minimum absolute atomic E-state index is 0.0273. The number of ether oxygens (including phenoxy) is 1. The molecule has 1 aliphatic rings. The Bertz CT molecular complexity index is 217. The molecule has 2 unspecified atom stereocenters. The lowest BCUT2D eigenvalue weighted by atomic mass is 10.0. The van der Waals surface area contributed by atoms with Gasteiger partial charge in [-0.05, 0) is 19.4 Å². The molecule has 2 atom stereocenters. The third-order valence-electron chi connectivity index (χ3n) is 3.22. The molecular weight excluding hydrogens is 204 g/mol. The molecule has 1 rings (SSSR count). The molecule has 0 bridgehead atoms. The maximum atomic E-state index is 12.0. The summed E-state index contributed by atoms with van der Waals surface area (Å²) in [6.07, 6.45) is 1.98. The third-order valence-corrected chi connectivity index (χ3v) is 3.22. The van der Waals surface area contributed by atoms with Crippen molar-refractivity contribution in [1.29, 1.82) is 0 Å². The molecule has 4 nitrogen and oxygen atoms in total. The van der Waals surface area contributed by atoms with Gasteiger partial charge in [0, 0.05) is 12.1 Å². The van der Waals surface area contributed by atoms with Crippen LogP contribution in [0.25, 0.3) is 0 Å².